The predicted molar refractivity (Wildman–Crippen MR) is 210 cm³/mol. The van der Waals surface area contributed by atoms with Gasteiger partial charge in [-0.2, -0.15) is 0 Å². The molecule has 0 unspecified atom stereocenters. The molecule has 4 heteroatoms. The van der Waals surface area contributed by atoms with E-state index in [-0.39, 0.29) is 0 Å². The van der Waals surface area contributed by atoms with Gasteiger partial charge in [0, 0.05) is 38.5 Å². The lowest BCUT2D eigenvalue weighted by molar-refractivity contribution is 0.621. The van der Waals surface area contributed by atoms with Gasteiger partial charge in [0.1, 0.15) is 16.7 Å². The highest BCUT2D eigenvalue weighted by Crippen LogP contribution is 2.44. The van der Waals surface area contributed by atoms with Crippen LogP contribution < -0.4 is 4.90 Å². The Kier molecular flexibility index (Phi) is 6.78. The second-order valence-electron chi connectivity index (χ2n) is 12.7. The standard InChI is InChI=1S/C47H30N2O2/c1-2-13-31(14-3-1)35-18-6-8-23-41(35)49(42-24-10-16-32-15-4-5-17-36(32)42)34-29-27-33(28-30-34)37-20-11-22-40-46(37)51-47(48-40)39-21-12-26-44-45(39)38-19-7-9-25-43(38)50-44/h1-30H. The summed E-state index contributed by atoms with van der Waals surface area (Å²) in [5, 5.41) is 4.44. The molecule has 51 heavy (non-hydrogen) atoms. The first-order valence-electron chi connectivity index (χ1n) is 17.1. The average molecular weight is 655 g/mol. The molecule has 0 aliphatic carbocycles. The molecule has 0 atom stereocenters. The van der Waals surface area contributed by atoms with Crippen LogP contribution in [0.2, 0.25) is 0 Å². The first-order chi connectivity index (χ1) is 25.3. The van der Waals surface area contributed by atoms with Gasteiger partial charge in [0.15, 0.2) is 5.58 Å². The highest BCUT2D eigenvalue weighted by molar-refractivity contribution is 6.12. The lowest BCUT2D eigenvalue weighted by Gasteiger charge is -2.29. The molecule has 0 saturated heterocycles. The number of anilines is 3. The van der Waals surface area contributed by atoms with Gasteiger partial charge >= 0.3 is 0 Å². The van der Waals surface area contributed by atoms with E-state index in [1.54, 1.807) is 0 Å². The number of nitrogens with zero attached hydrogens (tertiary/aromatic N) is 2. The van der Waals surface area contributed by atoms with Crippen LogP contribution in [0.3, 0.4) is 0 Å². The monoisotopic (exact) mass is 654 g/mol. The van der Waals surface area contributed by atoms with E-state index in [9.17, 15) is 0 Å². The summed E-state index contributed by atoms with van der Waals surface area (Å²) in [5.74, 6) is 0.575. The number of hydrogen-bond acceptors (Lipinski definition) is 4. The molecule has 0 radical (unpaired) electrons. The highest BCUT2D eigenvalue weighted by Gasteiger charge is 2.21. The maximum atomic E-state index is 6.63. The topological polar surface area (TPSA) is 42.4 Å². The largest absolute Gasteiger partial charge is 0.456 e. The fourth-order valence-corrected chi connectivity index (χ4v) is 7.38. The van der Waals surface area contributed by atoms with Gasteiger partial charge in [-0.1, -0.05) is 133 Å². The van der Waals surface area contributed by atoms with Gasteiger partial charge in [-0.05, 0) is 65.0 Å². The third-order valence-corrected chi connectivity index (χ3v) is 9.72. The number of para-hydroxylation sites is 3. The Balaban J connectivity index is 1.11. The van der Waals surface area contributed by atoms with Crippen LogP contribution in [0.15, 0.2) is 191 Å². The smallest absolute Gasteiger partial charge is 0.228 e. The Labute approximate surface area is 294 Å². The molecule has 0 amide bonds. The number of rotatable bonds is 6. The molecular weight excluding hydrogens is 625 g/mol. The molecule has 10 rings (SSSR count). The van der Waals surface area contributed by atoms with E-state index in [1.165, 1.54) is 16.3 Å². The number of benzene rings is 8. The molecule has 0 bridgehead atoms. The second kappa shape index (κ2) is 11.9. The van der Waals surface area contributed by atoms with Gasteiger partial charge in [-0.15, -0.1) is 0 Å². The first-order valence-corrected chi connectivity index (χ1v) is 17.1. The van der Waals surface area contributed by atoms with Gasteiger partial charge in [0.2, 0.25) is 5.89 Å². The van der Waals surface area contributed by atoms with Gasteiger partial charge in [0.25, 0.3) is 0 Å². The third-order valence-electron chi connectivity index (χ3n) is 9.72. The summed E-state index contributed by atoms with van der Waals surface area (Å²) < 4.78 is 12.8. The van der Waals surface area contributed by atoms with E-state index in [0.29, 0.717) is 5.89 Å². The van der Waals surface area contributed by atoms with E-state index in [0.717, 1.165) is 72.4 Å². The van der Waals surface area contributed by atoms with Crippen LogP contribution in [0.4, 0.5) is 17.1 Å². The molecule has 0 fully saturated rings. The fraction of sp³-hybridized carbons (Fsp3) is 0. The van der Waals surface area contributed by atoms with Crippen LogP contribution in [0, 0.1) is 0 Å². The lowest BCUT2D eigenvalue weighted by atomic mass is 9.99. The van der Waals surface area contributed by atoms with Crippen LogP contribution >= 0.6 is 0 Å². The molecule has 2 aromatic heterocycles. The molecule has 0 spiro atoms. The minimum absolute atomic E-state index is 0.575. The van der Waals surface area contributed by atoms with E-state index < -0.39 is 0 Å². The van der Waals surface area contributed by atoms with Crippen molar-refractivity contribution < 1.29 is 8.83 Å². The molecule has 8 aromatic carbocycles. The quantitative estimate of drug-likeness (QED) is 0.179. The molecule has 0 N–H and O–H groups in total. The molecule has 240 valence electrons. The van der Waals surface area contributed by atoms with E-state index in [1.807, 2.05) is 42.5 Å². The molecule has 0 saturated carbocycles. The first kappa shape index (κ1) is 29.0. The van der Waals surface area contributed by atoms with Crippen LogP contribution in [0.5, 0.6) is 0 Å². The van der Waals surface area contributed by atoms with Crippen molar-refractivity contribution in [3.05, 3.63) is 182 Å². The summed E-state index contributed by atoms with van der Waals surface area (Å²) in [7, 11) is 0. The zero-order valence-corrected chi connectivity index (χ0v) is 27.5. The van der Waals surface area contributed by atoms with Crippen molar-refractivity contribution in [2.45, 2.75) is 0 Å². The summed E-state index contributed by atoms with van der Waals surface area (Å²) in [6.45, 7) is 0. The zero-order valence-electron chi connectivity index (χ0n) is 27.5. The van der Waals surface area contributed by atoms with Crippen molar-refractivity contribution in [3.8, 4) is 33.7 Å². The van der Waals surface area contributed by atoms with E-state index in [4.69, 9.17) is 13.8 Å². The van der Waals surface area contributed by atoms with Gasteiger partial charge in [0.05, 0.1) is 11.4 Å². The maximum absolute atomic E-state index is 6.63. The summed E-state index contributed by atoms with van der Waals surface area (Å²) in [6, 6.07) is 63.4. The fourth-order valence-electron chi connectivity index (χ4n) is 7.38. The molecule has 10 aromatic rings. The summed E-state index contributed by atoms with van der Waals surface area (Å²) in [6.07, 6.45) is 0. The maximum Gasteiger partial charge on any atom is 0.228 e. The average Bonchev–Trinajstić information content (AvgIpc) is 3.81. The Morgan fingerprint density at radius 3 is 1.94 bits per heavy atom. The van der Waals surface area contributed by atoms with Crippen molar-refractivity contribution >= 4 is 60.9 Å². The molecule has 4 nitrogen and oxygen atoms in total. The second-order valence-corrected chi connectivity index (χ2v) is 12.7. The Morgan fingerprint density at radius 2 is 1.04 bits per heavy atom. The zero-order chi connectivity index (χ0) is 33.7. The van der Waals surface area contributed by atoms with Crippen molar-refractivity contribution in [1.29, 1.82) is 0 Å². The highest BCUT2D eigenvalue weighted by atomic mass is 16.4. The predicted octanol–water partition coefficient (Wildman–Crippen LogP) is 13.4. The minimum atomic E-state index is 0.575. The van der Waals surface area contributed by atoms with Crippen molar-refractivity contribution in [2.24, 2.45) is 0 Å². The Bertz CT molecular complexity index is 2860. The summed E-state index contributed by atoms with van der Waals surface area (Å²) in [5.41, 5.74) is 11.8. The molecule has 0 aliphatic rings. The third kappa shape index (κ3) is 4.88. The Hall–Kier alpha value is -6.91. The summed E-state index contributed by atoms with van der Waals surface area (Å²) in [4.78, 5) is 7.35. The van der Waals surface area contributed by atoms with Gasteiger partial charge in [-0.25, -0.2) is 4.98 Å². The van der Waals surface area contributed by atoms with Crippen molar-refractivity contribution in [2.75, 3.05) is 4.90 Å². The summed E-state index contributed by atoms with van der Waals surface area (Å²) >= 11 is 0. The van der Waals surface area contributed by atoms with E-state index in [2.05, 4.69) is 144 Å². The van der Waals surface area contributed by atoms with Crippen LogP contribution in [-0.4, -0.2) is 4.98 Å². The number of aromatic nitrogens is 1. The number of fused-ring (bicyclic) bond motifs is 5. The Morgan fingerprint density at radius 1 is 0.412 bits per heavy atom. The molecule has 0 aliphatic heterocycles. The van der Waals surface area contributed by atoms with Gasteiger partial charge in [-0.3, -0.25) is 0 Å². The number of hydrogen-bond donors (Lipinski definition) is 0. The number of oxazole rings is 1. The van der Waals surface area contributed by atoms with Crippen LogP contribution in [0.1, 0.15) is 0 Å². The van der Waals surface area contributed by atoms with Crippen LogP contribution in [-0.2, 0) is 0 Å². The normalized spacial score (nSPS) is 11.5. The van der Waals surface area contributed by atoms with Crippen molar-refractivity contribution in [3.63, 3.8) is 0 Å². The van der Waals surface area contributed by atoms with Gasteiger partial charge < -0.3 is 13.7 Å². The van der Waals surface area contributed by atoms with Crippen LogP contribution in [0.25, 0.3) is 77.5 Å². The SMILES string of the molecule is c1ccc(-c2ccccc2N(c2ccc(-c3cccc4nc(-c5cccc6oc7ccccc7c56)oc34)cc2)c2cccc3ccccc23)cc1. The minimum Gasteiger partial charge on any atom is -0.456 e. The number of furan rings is 1. The molecular formula is C47H30N2O2. The van der Waals surface area contributed by atoms with E-state index >= 15 is 0 Å². The lowest BCUT2D eigenvalue weighted by Crippen LogP contribution is -2.11. The van der Waals surface area contributed by atoms with Crippen molar-refractivity contribution in [1.82, 2.24) is 4.98 Å². The molecule has 2 heterocycles.